The Kier molecular flexibility index (Phi) is 6.15. The number of hydrogen-bond donors (Lipinski definition) is 0. The van der Waals surface area contributed by atoms with Gasteiger partial charge < -0.3 is 4.90 Å². The molecular formula is C62H42BNS. The Hall–Kier alpha value is -6.94. The Balaban J connectivity index is 1.12. The number of anilines is 3. The zero-order valence-corrected chi connectivity index (χ0v) is 37.8. The quantitative estimate of drug-likeness (QED) is 0.149. The zero-order valence-electron chi connectivity index (χ0n) is 37.0. The number of rotatable bonds is 1. The standard InChI is InChI=1S/C62H42BNS/c1-60(2)44-20-10-6-15-34(44)39-26-28-47-52(54(39)60)43-32-41(33-25-30-51-42(31-33)37-18-9-13-24-50(37)65-51)56-59-57(43)63(47)48-29-27-40-35-16-7-11-21-45(35)61(3,4)55(40)58(48)64(59)49-23-14-19-38-36-17-8-12-22-46(36)62(56,5)53(38)49/h6-32H,1-5H3. The van der Waals surface area contributed by atoms with Crippen molar-refractivity contribution in [3.8, 4) is 55.6 Å². The van der Waals surface area contributed by atoms with Crippen LogP contribution in [-0.4, -0.2) is 6.71 Å². The van der Waals surface area contributed by atoms with Crippen LogP contribution >= 0.6 is 11.3 Å². The van der Waals surface area contributed by atoms with Crippen LogP contribution in [0.15, 0.2) is 164 Å². The highest BCUT2D eigenvalue weighted by atomic mass is 32.1. The Labute approximate surface area is 383 Å². The lowest BCUT2D eigenvalue weighted by Gasteiger charge is -2.49. The Morgan fingerprint density at radius 3 is 1.78 bits per heavy atom. The first-order valence-electron chi connectivity index (χ1n) is 23.4. The molecule has 0 fully saturated rings. The van der Waals surface area contributed by atoms with E-state index in [1.165, 1.54) is 148 Å². The monoisotopic (exact) mass is 843 g/mol. The van der Waals surface area contributed by atoms with Crippen molar-refractivity contribution < 1.29 is 0 Å². The molecule has 0 amide bonds. The lowest BCUT2D eigenvalue weighted by atomic mass is 9.36. The summed E-state index contributed by atoms with van der Waals surface area (Å²) < 4.78 is 2.68. The molecule has 9 aromatic carbocycles. The van der Waals surface area contributed by atoms with Crippen LogP contribution in [-0.2, 0) is 16.2 Å². The predicted molar refractivity (Wildman–Crippen MR) is 276 cm³/mol. The van der Waals surface area contributed by atoms with E-state index in [2.05, 4.69) is 203 Å². The number of benzene rings is 9. The van der Waals surface area contributed by atoms with E-state index in [1.54, 1.807) is 0 Å². The molecule has 1 atom stereocenters. The highest BCUT2D eigenvalue weighted by molar-refractivity contribution is 7.25. The molecule has 4 heterocycles. The van der Waals surface area contributed by atoms with E-state index >= 15 is 0 Å². The van der Waals surface area contributed by atoms with Gasteiger partial charge in [0.15, 0.2) is 0 Å². The Bertz CT molecular complexity index is 3940. The summed E-state index contributed by atoms with van der Waals surface area (Å²) in [5.41, 5.74) is 31.4. The minimum absolute atomic E-state index is 0.0805. The Morgan fingerprint density at radius 2 is 1.02 bits per heavy atom. The van der Waals surface area contributed by atoms with Crippen molar-refractivity contribution in [1.29, 1.82) is 0 Å². The molecule has 0 bridgehead atoms. The molecule has 304 valence electrons. The van der Waals surface area contributed by atoms with E-state index in [0.717, 1.165) is 0 Å². The van der Waals surface area contributed by atoms with Gasteiger partial charge in [0.25, 0.3) is 0 Å². The van der Waals surface area contributed by atoms with Crippen LogP contribution in [0.2, 0.25) is 0 Å². The fourth-order valence-corrected chi connectivity index (χ4v) is 15.7. The van der Waals surface area contributed by atoms with Crippen molar-refractivity contribution in [2.24, 2.45) is 0 Å². The zero-order chi connectivity index (χ0) is 43.0. The second-order valence-corrected chi connectivity index (χ2v) is 21.9. The summed E-state index contributed by atoms with van der Waals surface area (Å²) in [5, 5.41) is 2.68. The molecule has 3 aliphatic heterocycles. The molecule has 1 nitrogen and oxygen atoms in total. The highest BCUT2D eigenvalue weighted by Gasteiger charge is 2.57. The fourth-order valence-electron chi connectivity index (χ4n) is 14.7. The number of nitrogens with zero attached hydrogens (tertiary/aromatic N) is 1. The molecule has 65 heavy (non-hydrogen) atoms. The molecule has 10 aromatic rings. The van der Waals surface area contributed by atoms with Crippen LogP contribution in [0.25, 0.3) is 75.8 Å². The average Bonchev–Trinajstić information content (AvgIpc) is 4.07. The van der Waals surface area contributed by atoms with Crippen LogP contribution in [0.1, 0.15) is 73.6 Å². The van der Waals surface area contributed by atoms with Gasteiger partial charge >= 0.3 is 0 Å². The molecule has 1 unspecified atom stereocenters. The van der Waals surface area contributed by atoms with Gasteiger partial charge in [0.2, 0.25) is 6.71 Å². The summed E-state index contributed by atoms with van der Waals surface area (Å²) in [7, 11) is 0. The summed E-state index contributed by atoms with van der Waals surface area (Å²) >= 11 is 1.91. The molecule has 1 aromatic heterocycles. The molecule has 0 saturated heterocycles. The molecule has 6 aliphatic rings. The first-order chi connectivity index (χ1) is 31.7. The lowest BCUT2D eigenvalue weighted by Crippen LogP contribution is -2.57. The molecular weight excluding hydrogens is 802 g/mol. The van der Waals surface area contributed by atoms with E-state index in [0.29, 0.717) is 0 Å². The van der Waals surface area contributed by atoms with E-state index in [1.807, 2.05) is 11.3 Å². The third-order valence-corrected chi connectivity index (χ3v) is 18.3. The second-order valence-electron chi connectivity index (χ2n) is 20.8. The second kappa shape index (κ2) is 11.3. The minimum Gasteiger partial charge on any atom is -0.310 e. The third kappa shape index (κ3) is 3.85. The van der Waals surface area contributed by atoms with E-state index in [-0.39, 0.29) is 17.5 Å². The molecule has 16 rings (SSSR count). The maximum absolute atomic E-state index is 2.81. The summed E-state index contributed by atoms with van der Waals surface area (Å²) in [6, 6.07) is 63.9. The SMILES string of the molecule is CC1(C)c2ccccc2-c2ccc3c(c21)-c1cc(-c2ccc4sc5ccccc5c4c2)c2c4c1B3c1ccc3c(c1N4c1cccc4c1C2(C)c1ccccc1-4)C(C)(C)c1ccccc1-3. The van der Waals surface area contributed by atoms with Gasteiger partial charge in [-0.3, -0.25) is 0 Å². The van der Waals surface area contributed by atoms with Crippen LogP contribution in [0.5, 0.6) is 0 Å². The van der Waals surface area contributed by atoms with Gasteiger partial charge in [0.05, 0.1) is 5.69 Å². The molecule has 3 aliphatic carbocycles. The van der Waals surface area contributed by atoms with Crippen molar-refractivity contribution in [1.82, 2.24) is 0 Å². The number of hydrogen-bond acceptors (Lipinski definition) is 2. The molecule has 0 N–H and O–H groups in total. The highest BCUT2D eigenvalue weighted by Crippen LogP contribution is 2.67. The van der Waals surface area contributed by atoms with Gasteiger partial charge in [-0.15, -0.1) is 11.3 Å². The fraction of sp³-hybridized carbons (Fsp3) is 0.129. The van der Waals surface area contributed by atoms with Gasteiger partial charge in [-0.1, -0.05) is 167 Å². The van der Waals surface area contributed by atoms with Crippen LogP contribution in [0.3, 0.4) is 0 Å². The summed E-state index contributed by atoms with van der Waals surface area (Å²) in [6.07, 6.45) is 0. The van der Waals surface area contributed by atoms with Crippen molar-refractivity contribution in [3.63, 3.8) is 0 Å². The average molecular weight is 844 g/mol. The van der Waals surface area contributed by atoms with Crippen molar-refractivity contribution in [3.05, 3.63) is 203 Å². The molecule has 0 spiro atoms. The molecule has 3 heteroatoms. The van der Waals surface area contributed by atoms with Gasteiger partial charge in [-0.25, -0.2) is 0 Å². The van der Waals surface area contributed by atoms with Crippen LogP contribution in [0, 0.1) is 0 Å². The lowest BCUT2D eigenvalue weighted by molar-refractivity contribution is 0.659. The van der Waals surface area contributed by atoms with E-state index in [9.17, 15) is 0 Å². The summed E-state index contributed by atoms with van der Waals surface area (Å²) in [4.78, 5) is 2.81. The van der Waals surface area contributed by atoms with Gasteiger partial charge in [-0.2, -0.15) is 0 Å². The summed E-state index contributed by atoms with van der Waals surface area (Å²) in [6.45, 7) is 12.5. The Morgan fingerprint density at radius 1 is 0.415 bits per heavy atom. The van der Waals surface area contributed by atoms with Crippen molar-refractivity contribution in [2.45, 2.75) is 50.9 Å². The summed E-state index contributed by atoms with van der Waals surface area (Å²) in [5.74, 6) is 0. The van der Waals surface area contributed by atoms with Crippen LogP contribution < -0.4 is 21.3 Å². The maximum Gasteiger partial charge on any atom is 0.248 e. The third-order valence-electron chi connectivity index (χ3n) is 17.2. The number of thiophene rings is 1. The largest absolute Gasteiger partial charge is 0.310 e. The van der Waals surface area contributed by atoms with E-state index in [4.69, 9.17) is 0 Å². The maximum atomic E-state index is 2.81. The van der Waals surface area contributed by atoms with Gasteiger partial charge in [0, 0.05) is 47.8 Å². The topological polar surface area (TPSA) is 3.24 Å². The van der Waals surface area contributed by atoms with Crippen LogP contribution in [0.4, 0.5) is 17.1 Å². The molecule has 0 radical (unpaired) electrons. The predicted octanol–water partition coefficient (Wildman–Crippen LogP) is 14.3. The first kappa shape index (κ1) is 35.4. The smallest absolute Gasteiger partial charge is 0.248 e. The normalized spacial score (nSPS) is 18.2. The van der Waals surface area contributed by atoms with E-state index < -0.39 is 5.41 Å². The first-order valence-corrected chi connectivity index (χ1v) is 24.2. The van der Waals surface area contributed by atoms with Crippen molar-refractivity contribution >= 4 is 71.7 Å². The van der Waals surface area contributed by atoms with Crippen molar-refractivity contribution in [2.75, 3.05) is 4.90 Å². The molecule has 0 saturated carbocycles. The van der Waals surface area contributed by atoms with Gasteiger partial charge in [0.1, 0.15) is 0 Å². The number of fused-ring (bicyclic) bond motifs is 22. The van der Waals surface area contributed by atoms with Gasteiger partial charge in [-0.05, 0) is 143 Å². The minimum atomic E-state index is -0.408.